The van der Waals surface area contributed by atoms with Crippen molar-refractivity contribution in [3.63, 3.8) is 0 Å². The summed E-state index contributed by atoms with van der Waals surface area (Å²) >= 11 is 0. The zero-order valence-electron chi connectivity index (χ0n) is 13.1. The van der Waals surface area contributed by atoms with Crippen molar-refractivity contribution in [2.45, 2.75) is 45.6 Å². The molecule has 2 fully saturated rings. The molecular formula is C15H22N4O3. The van der Waals surface area contributed by atoms with Gasteiger partial charge in [-0.2, -0.15) is 4.98 Å². The van der Waals surface area contributed by atoms with E-state index in [1.165, 1.54) is 0 Å². The number of rotatable bonds is 2. The van der Waals surface area contributed by atoms with E-state index in [1.807, 2.05) is 9.80 Å². The zero-order chi connectivity index (χ0) is 15.7. The van der Waals surface area contributed by atoms with Crippen LogP contribution in [0.1, 0.15) is 50.4 Å². The van der Waals surface area contributed by atoms with Crippen molar-refractivity contribution < 1.29 is 14.1 Å². The van der Waals surface area contributed by atoms with Gasteiger partial charge < -0.3 is 14.3 Å². The van der Waals surface area contributed by atoms with Crippen LogP contribution in [0, 0.1) is 12.8 Å². The molecule has 2 aliphatic rings. The molecule has 2 amide bonds. The Hall–Kier alpha value is -1.92. The van der Waals surface area contributed by atoms with E-state index in [9.17, 15) is 9.59 Å². The Balaban J connectivity index is 1.65. The highest BCUT2D eigenvalue weighted by Crippen LogP contribution is 2.33. The van der Waals surface area contributed by atoms with Crippen LogP contribution in [0.25, 0.3) is 0 Å². The lowest BCUT2D eigenvalue weighted by Crippen LogP contribution is -2.43. The number of aryl methyl sites for hydroxylation is 1. The van der Waals surface area contributed by atoms with Crippen molar-refractivity contribution in [3.05, 3.63) is 11.7 Å². The minimum atomic E-state index is -0.0838. The van der Waals surface area contributed by atoms with Gasteiger partial charge in [-0.1, -0.05) is 5.16 Å². The average molecular weight is 306 g/mol. The number of hydrogen-bond donors (Lipinski definition) is 0. The predicted molar refractivity (Wildman–Crippen MR) is 77.7 cm³/mol. The maximum atomic E-state index is 12.8. The Morgan fingerprint density at radius 3 is 2.50 bits per heavy atom. The van der Waals surface area contributed by atoms with E-state index >= 15 is 0 Å². The predicted octanol–water partition coefficient (Wildman–Crippen LogP) is 1.30. The van der Waals surface area contributed by atoms with Crippen molar-refractivity contribution in [3.8, 4) is 0 Å². The van der Waals surface area contributed by atoms with Crippen molar-refractivity contribution >= 4 is 11.8 Å². The lowest BCUT2D eigenvalue weighted by molar-refractivity contribution is -0.141. The van der Waals surface area contributed by atoms with Gasteiger partial charge in [0, 0.05) is 32.5 Å². The zero-order valence-corrected chi connectivity index (χ0v) is 13.1. The Bertz CT molecular complexity index is 563. The molecule has 3 heterocycles. The molecule has 1 unspecified atom stereocenters. The van der Waals surface area contributed by atoms with Crippen LogP contribution in [0.3, 0.4) is 0 Å². The highest BCUT2D eigenvalue weighted by molar-refractivity contribution is 5.80. The molecule has 0 spiro atoms. The van der Waals surface area contributed by atoms with E-state index in [0.29, 0.717) is 24.8 Å². The normalized spacial score (nSPS) is 23.1. The van der Waals surface area contributed by atoms with E-state index in [-0.39, 0.29) is 23.8 Å². The van der Waals surface area contributed by atoms with Crippen LogP contribution >= 0.6 is 0 Å². The summed E-state index contributed by atoms with van der Waals surface area (Å²) in [6, 6.07) is -0.0838. The molecule has 1 atom stereocenters. The van der Waals surface area contributed by atoms with Crippen molar-refractivity contribution in [2.75, 3.05) is 19.6 Å². The summed E-state index contributed by atoms with van der Waals surface area (Å²) < 4.78 is 5.26. The lowest BCUT2D eigenvalue weighted by atomic mass is 9.95. The fourth-order valence-corrected chi connectivity index (χ4v) is 3.41. The van der Waals surface area contributed by atoms with Gasteiger partial charge in [-0.25, -0.2) is 0 Å². The first-order valence-corrected chi connectivity index (χ1v) is 7.92. The second kappa shape index (κ2) is 6.06. The minimum Gasteiger partial charge on any atom is -0.343 e. The molecule has 7 heteroatoms. The quantitative estimate of drug-likeness (QED) is 0.823. The summed E-state index contributed by atoms with van der Waals surface area (Å²) in [6.07, 6.45) is 3.32. The van der Waals surface area contributed by atoms with Crippen LogP contribution in [-0.4, -0.2) is 51.4 Å². The molecular weight excluding hydrogens is 284 g/mol. The number of nitrogens with zero attached hydrogens (tertiary/aromatic N) is 4. The molecule has 0 saturated carbocycles. The molecule has 1 aromatic rings. The number of piperidine rings is 1. The highest BCUT2D eigenvalue weighted by atomic mass is 16.5. The first-order valence-electron chi connectivity index (χ1n) is 7.92. The molecule has 0 N–H and O–H groups in total. The standard InChI is InChI=1S/C15H22N4O3/c1-10-16-14(22-17-10)13-4-3-7-19(13)15(21)12-5-8-18(9-6-12)11(2)20/h12-13H,3-9H2,1-2H3. The molecule has 3 rings (SSSR count). The van der Waals surface area contributed by atoms with Gasteiger partial charge in [-0.15, -0.1) is 0 Å². The van der Waals surface area contributed by atoms with Crippen LogP contribution in [0.5, 0.6) is 0 Å². The SMILES string of the molecule is CC(=O)N1CCC(C(=O)N2CCCC2c2nc(C)no2)CC1. The topological polar surface area (TPSA) is 79.5 Å². The molecule has 0 radical (unpaired) electrons. The summed E-state index contributed by atoms with van der Waals surface area (Å²) in [4.78, 5) is 32.2. The first-order chi connectivity index (χ1) is 10.6. The van der Waals surface area contributed by atoms with Crippen LogP contribution < -0.4 is 0 Å². The van der Waals surface area contributed by atoms with Crippen LogP contribution in [-0.2, 0) is 9.59 Å². The lowest BCUT2D eigenvalue weighted by Gasteiger charge is -2.33. The van der Waals surface area contributed by atoms with Gasteiger partial charge in [0.1, 0.15) is 6.04 Å². The van der Waals surface area contributed by atoms with Crippen LogP contribution in [0.4, 0.5) is 0 Å². The van der Waals surface area contributed by atoms with E-state index in [2.05, 4.69) is 10.1 Å². The Morgan fingerprint density at radius 2 is 1.91 bits per heavy atom. The maximum Gasteiger partial charge on any atom is 0.249 e. The van der Waals surface area contributed by atoms with Gasteiger partial charge in [0.2, 0.25) is 17.7 Å². The Kier molecular flexibility index (Phi) is 4.13. The van der Waals surface area contributed by atoms with E-state index < -0.39 is 0 Å². The molecule has 120 valence electrons. The first kappa shape index (κ1) is 15.0. The van der Waals surface area contributed by atoms with Crippen LogP contribution in [0.15, 0.2) is 4.52 Å². The fraction of sp³-hybridized carbons (Fsp3) is 0.733. The number of hydrogen-bond acceptors (Lipinski definition) is 5. The van der Waals surface area contributed by atoms with Gasteiger partial charge in [0.15, 0.2) is 5.82 Å². The summed E-state index contributed by atoms with van der Waals surface area (Å²) in [6.45, 7) is 5.45. The van der Waals surface area contributed by atoms with Gasteiger partial charge in [-0.05, 0) is 32.6 Å². The molecule has 7 nitrogen and oxygen atoms in total. The molecule has 2 saturated heterocycles. The molecule has 2 aliphatic heterocycles. The Morgan fingerprint density at radius 1 is 1.18 bits per heavy atom. The molecule has 0 aromatic carbocycles. The monoisotopic (exact) mass is 306 g/mol. The number of carbonyl (C=O) groups is 2. The summed E-state index contributed by atoms with van der Waals surface area (Å²) in [5, 5.41) is 3.83. The van der Waals surface area contributed by atoms with Gasteiger partial charge in [-0.3, -0.25) is 9.59 Å². The second-order valence-electron chi connectivity index (χ2n) is 6.15. The maximum absolute atomic E-state index is 12.8. The Labute approximate surface area is 129 Å². The molecule has 1 aromatic heterocycles. The number of amides is 2. The highest BCUT2D eigenvalue weighted by Gasteiger charge is 2.38. The molecule has 0 bridgehead atoms. The number of likely N-dealkylation sites (tertiary alicyclic amines) is 2. The third-order valence-electron chi connectivity index (χ3n) is 4.65. The minimum absolute atomic E-state index is 0.000202. The third kappa shape index (κ3) is 2.84. The van der Waals surface area contributed by atoms with Gasteiger partial charge in [0.25, 0.3) is 0 Å². The van der Waals surface area contributed by atoms with E-state index in [0.717, 1.165) is 32.2 Å². The largest absolute Gasteiger partial charge is 0.343 e. The number of carbonyl (C=O) groups excluding carboxylic acids is 2. The summed E-state index contributed by atoms with van der Waals surface area (Å²) in [7, 11) is 0. The van der Waals surface area contributed by atoms with E-state index in [1.54, 1.807) is 13.8 Å². The summed E-state index contributed by atoms with van der Waals surface area (Å²) in [5.41, 5.74) is 0. The average Bonchev–Trinajstić information content (AvgIpc) is 3.15. The third-order valence-corrected chi connectivity index (χ3v) is 4.65. The molecule has 0 aliphatic carbocycles. The van der Waals surface area contributed by atoms with Crippen molar-refractivity contribution in [1.82, 2.24) is 19.9 Å². The van der Waals surface area contributed by atoms with Crippen molar-refractivity contribution in [2.24, 2.45) is 5.92 Å². The van der Waals surface area contributed by atoms with Gasteiger partial charge >= 0.3 is 0 Å². The number of aromatic nitrogens is 2. The summed E-state index contributed by atoms with van der Waals surface area (Å²) in [5.74, 6) is 1.40. The van der Waals surface area contributed by atoms with Crippen molar-refractivity contribution in [1.29, 1.82) is 0 Å². The van der Waals surface area contributed by atoms with E-state index in [4.69, 9.17) is 4.52 Å². The smallest absolute Gasteiger partial charge is 0.249 e. The van der Waals surface area contributed by atoms with Gasteiger partial charge in [0.05, 0.1) is 0 Å². The fourth-order valence-electron chi connectivity index (χ4n) is 3.41. The van der Waals surface area contributed by atoms with Crippen LogP contribution in [0.2, 0.25) is 0 Å². The second-order valence-corrected chi connectivity index (χ2v) is 6.15. The molecule has 22 heavy (non-hydrogen) atoms.